The molecule has 3 N–H and O–H groups in total. The van der Waals surface area contributed by atoms with Gasteiger partial charge in [0.05, 0.1) is 0 Å². The topological polar surface area (TPSA) is 86.9 Å². The second-order valence-electron chi connectivity index (χ2n) is 6.11. The van der Waals surface area contributed by atoms with Crippen LogP contribution in [0.3, 0.4) is 0 Å². The number of anilines is 1. The molecular formula is C20H20N4O2. The van der Waals surface area contributed by atoms with Crippen molar-refractivity contribution in [1.29, 1.82) is 0 Å². The number of nitrogens with one attached hydrogen (secondary N) is 3. The Balaban J connectivity index is 1.63. The lowest BCUT2D eigenvalue weighted by molar-refractivity contribution is 0.0945. The van der Waals surface area contributed by atoms with Crippen LogP contribution in [0, 0.1) is 13.8 Å². The van der Waals surface area contributed by atoms with Crippen molar-refractivity contribution in [2.24, 2.45) is 0 Å². The first-order valence-electron chi connectivity index (χ1n) is 8.29. The van der Waals surface area contributed by atoms with Gasteiger partial charge in [0.1, 0.15) is 5.82 Å². The maximum absolute atomic E-state index is 12.4. The van der Waals surface area contributed by atoms with Crippen LogP contribution in [0.25, 0.3) is 0 Å². The first-order chi connectivity index (χ1) is 12.5. The molecule has 3 aromatic rings. The number of aromatic nitrogens is 2. The van der Waals surface area contributed by atoms with E-state index in [4.69, 9.17) is 0 Å². The molecule has 0 bridgehead atoms. The lowest BCUT2D eigenvalue weighted by atomic mass is 10.1. The van der Waals surface area contributed by atoms with E-state index in [0.717, 1.165) is 16.7 Å². The zero-order valence-electron chi connectivity index (χ0n) is 14.7. The van der Waals surface area contributed by atoms with Crippen LogP contribution < -0.4 is 10.6 Å². The Morgan fingerprint density at radius 1 is 1.00 bits per heavy atom. The first kappa shape index (κ1) is 17.4. The number of nitrogens with zero attached hydrogens (tertiary/aromatic N) is 1. The van der Waals surface area contributed by atoms with E-state index in [-0.39, 0.29) is 17.5 Å². The lowest BCUT2D eigenvalue weighted by Crippen LogP contribution is -2.23. The summed E-state index contributed by atoms with van der Waals surface area (Å²) in [6, 6.07) is 16.8. The number of amides is 2. The van der Waals surface area contributed by atoms with Gasteiger partial charge in [-0.3, -0.25) is 14.7 Å². The molecule has 0 aliphatic rings. The van der Waals surface area contributed by atoms with Gasteiger partial charge < -0.3 is 10.6 Å². The molecule has 2 aromatic carbocycles. The minimum Gasteiger partial charge on any atom is -0.347 e. The van der Waals surface area contributed by atoms with E-state index in [1.807, 2.05) is 62.4 Å². The molecule has 0 saturated carbocycles. The molecule has 0 atom stereocenters. The Morgan fingerprint density at radius 2 is 1.77 bits per heavy atom. The number of carbonyl (C=O) groups is 2. The smallest absolute Gasteiger partial charge is 0.272 e. The molecule has 6 heteroatoms. The average Bonchev–Trinajstić information content (AvgIpc) is 3.11. The molecular weight excluding hydrogens is 328 g/mol. The molecule has 0 unspecified atom stereocenters. The summed E-state index contributed by atoms with van der Waals surface area (Å²) in [7, 11) is 0. The summed E-state index contributed by atoms with van der Waals surface area (Å²) in [6.07, 6.45) is 0. The SMILES string of the molecule is Cc1ccc(C)c(C(=O)Nc2cc(C(=O)NCc3ccccc3)n[nH]2)c1. The molecule has 0 saturated heterocycles. The summed E-state index contributed by atoms with van der Waals surface area (Å²) < 4.78 is 0. The third-order valence-electron chi connectivity index (χ3n) is 3.99. The van der Waals surface area contributed by atoms with Crippen LogP contribution in [0.1, 0.15) is 37.5 Å². The molecule has 6 nitrogen and oxygen atoms in total. The Hall–Kier alpha value is -3.41. The van der Waals surface area contributed by atoms with E-state index in [9.17, 15) is 9.59 Å². The van der Waals surface area contributed by atoms with Crippen LogP contribution in [0.2, 0.25) is 0 Å². The van der Waals surface area contributed by atoms with Gasteiger partial charge in [0.15, 0.2) is 5.69 Å². The molecule has 132 valence electrons. The number of hydrogen-bond acceptors (Lipinski definition) is 3. The number of rotatable bonds is 5. The van der Waals surface area contributed by atoms with Crippen molar-refractivity contribution in [1.82, 2.24) is 15.5 Å². The Bertz CT molecular complexity index is 932. The molecule has 2 amide bonds. The fourth-order valence-corrected chi connectivity index (χ4v) is 2.54. The van der Waals surface area contributed by atoms with E-state index >= 15 is 0 Å². The zero-order chi connectivity index (χ0) is 18.5. The molecule has 26 heavy (non-hydrogen) atoms. The van der Waals surface area contributed by atoms with Gasteiger partial charge in [0.2, 0.25) is 0 Å². The predicted molar refractivity (Wildman–Crippen MR) is 100 cm³/mol. The van der Waals surface area contributed by atoms with Crippen LogP contribution in [0.5, 0.6) is 0 Å². The Morgan fingerprint density at radius 3 is 2.54 bits per heavy atom. The largest absolute Gasteiger partial charge is 0.347 e. The summed E-state index contributed by atoms with van der Waals surface area (Å²) in [4.78, 5) is 24.6. The van der Waals surface area contributed by atoms with E-state index in [1.54, 1.807) is 0 Å². The molecule has 1 heterocycles. The lowest BCUT2D eigenvalue weighted by Gasteiger charge is -2.06. The van der Waals surface area contributed by atoms with Gasteiger partial charge in [-0.05, 0) is 31.0 Å². The highest BCUT2D eigenvalue weighted by Crippen LogP contribution is 2.14. The predicted octanol–water partition coefficient (Wildman–Crippen LogP) is 3.21. The highest BCUT2D eigenvalue weighted by Gasteiger charge is 2.14. The van der Waals surface area contributed by atoms with Gasteiger partial charge in [-0.25, -0.2) is 0 Å². The first-order valence-corrected chi connectivity index (χ1v) is 8.29. The van der Waals surface area contributed by atoms with Crippen molar-refractivity contribution < 1.29 is 9.59 Å². The van der Waals surface area contributed by atoms with Crippen molar-refractivity contribution in [2.75, 3.05) is 5.32 Å². The molecule has 0 aliphatic carbocycles. The Kier molecular flexibility index (Phi) is 5.12. The molecule has 3 rings (SSSR count). The van der Waals surface area contributed by atoms with Crippen LogP contribution in [0.15, 0.2) is 54.6 Å². The van der Waals surface area contributed by atoms with E-state index in [0.29, 0.717) is 17.9 Å². The minimum atomic E-state index is -0.308. The summed E-state index contributed by atoms with van der Waals surface area (Å²) in [5.41, 5.74) is 3.70. The number of aromatic amines is 1. The summed E-state index contributed by atoms with van der Waals surface area (Å²) in [5.74, 6) is -0.177. The number of hydrogen-bond donors (Lipinski definition) is 3. The van der Waals surface area contributed by atoms with E-state index < -0.39 is 0 Å². The van der Waals surface area contributed by atoms with E-state index in [2.05, 4.69) is 20.8 Å². The molecule has 0 spiro atoms. The zero-order valence-corrected chi connectivity index (χ0v) is 14.7. The second-order valence-corrected chi connectivity index (χ2v) is 6.11. The summed E-state index contributed by atoms with van der Waals surface area (Å²) in [6.45, 7) is 4.22. The Labute approximate surface area is 151 Å². The fraction of sp³-hybridized carbons (Fsp3) is 0.150. The monoisotopic (exact) mass is 348 g/mol. The molecule has 0 radical (unpaired) electrons. The highest BCUT2D eigenvalue weighted by molar-refractivity contribution is 6.05. The second kappa shape index (κ2) is 7.65. The van der Waals surface area contributed by atoms with Crippen LogP contribution in [0.4, 0.5) is 5.82 Å². The van der Waals surface area contributed by atoms with Crippen molar-refractivity contribution in [3.63, 3.8) is 0 Å². The van der Waals surface area contributed by atoms with Crippen molar-refractivity contribution in [3.8, 4) is 0 Å². The third-order valence-corrected chi connectivity index (χ3v) is 3.99. The van der Waals surface area contributed by atoms with Gasteiger partial charge in [-0.2, -0.15) is 5.10 Å². The van der Waals surface area contributed by atoms with Gasteiger partial charge in [0, 0.05) is 18.2 Å². The molecule has 1 aromatic heterocycles. The van der Waals surface area contributed by atoms with E-state index in [1.165, 1.54) is 6.07 Å². The number of benzene rings is 2. The third kappa shape index (κ3) is 4.16. The van der Waals surface area contributed by atoms with Crippen molar-refractivity contribution in [2.45, 2.75) is 20.4 Å². The quantitative estimate of drug-likeness (QED) is 0.662. The van der Waals surface area contributed by atoms with Gasteiger partial charge in [0.25, 0.3) is 11.8 Å². The maximum atomic E-state index is 12.4. The molecule has 0 aliphatic heterocycles. The normalized spacial score (nSPS) is 10.4. The van der Waals surface area contributed by atoms with Crippen molar-refractivity contribution in [3.05, 3.63) is 82.5 Å². The average molecular weight is 348 g/mol. The van der Waals surface area contributed by atoms with Crippen LogP contribution >= 0.6 is 0 Å². The standard InChI is InChI=1S/C20H20N4O2/c1-13-8-9-14(2)16(10-13)19(25)22-18-11-17(23-24-18)20(26)21-12-15-6-4-3-5-7-15/h3-11H,12H2,1-2H3,(H,21,26)(H2,22,23,24,25). The fourth-order valence-electron chi connectivity index (χ4n) is 2.54. The number of H-pyrrole nitrogens is 1. The maximum Gasteiger partial charge on any atom is 0.272 e. The minimum absolute atomic E-state index is 0.220. The number of carbonyl (C=O) groups excluding carboxylic acids is 2. The van der Waals surface area contributed by atoms with Gasteiger partial charge >= 0.3 is 0 Å². The van der Waals surface area contributed by atoms with Crippen molar-refractivity contribution >= 4 is 17.6 Å². The van der Waals surface area contributed by atoms with Gasteiger partial charge in [-0.1, -0.05) is 48.0 Å². The number of aryl methyl sites for hydroxylation is 2. The molecule has 0 fully saturated rings. The summed E-state index contributed by atoms with van der Waals surface area (Å²) >= 11 is 0. The van der Waals surface area contributed by atoms with Crippen LogP contribution in [-0.2, 0) is 6.54 Å². The van der Waals surface area contributed by atoms with Gasteiger partial charge in [-0.15, -0.1) is 0 Å². The summed E-state index contributed by atoms with van der Waals surface area (Å²) in [5, 5.41) is 12.2. The highest BCUT2D eigenvalue weighted by atomic mass is 16.2. The van der Waals surface area contributed by atoms with Crippen LogP contribution in [-0.4, -0.2) is 22.0 Å².